The molecule has 6 nitrogen and oxygen atoms in total. The lowest BCUT2D eigenvalue weighted by atomic mass is 9.84. The number of benzene rings is 1. The predicted octanol–water partition coefficient (Wildman–Crippen LogP) is 2.44. The highest BCUT2D eigenvalue weighted by Crippen LogP contribution is 2.44. The Morgan fingerprint density at radius 2 is 2.20 bits per heavy atom. The molecule has 0 saturated heterocycles. The molecule has 1 N–H and O–H groups in total. The lowest BCUT2D eigenvalue weighted by molar-refractivity contribution is -0.121. The maximum atomic E-state index is 14.3. The number of ether oxygens (including phenoxy) is 1. The molecule has 1 aromatic heterocycles. The zero-order valence-electron chi connectivity index (χ0n) is 13.6. The summed E-state index contributed by atoms with van der Waals surface area (Å²) in [6, 6.07) is 5.11. The summed E-state index contributed by atoms with van der Waals surface area (Å²) in [6.45, 7) is 2.36. The first-order chi connectivity index (χ1) is 12.1. The number of anilines is 2. The third kappa shape index (κ3) is 2.52. The second kappa shape index (κ2) is 5.84. The minimum absolute atomic E-state index is 0.0318. The average molecular weight is 341 g/mol. The standard InChI is InChI=1S/C18H16FN3O3/c1-2-22-15-5-12-11(10-3-4-20-8-13(10)19)6-17(23)21-14(12)7-16(15)25-9-18(22)24/h3-5,7-8,11H,2,6,9H2,1H3,(H,21,23). The van der Waals surface area contributed by atoms with Gasteiger partial charge in [0.2, 0.25) is 5.91 Å². The first-order valence-corrected chi connectivity index (χ1v) is 8.09. The lowest BCUT2D eigenvalue weighted by Crippen LogP contribution is -2.39. The van der Waals surface area contributed by atoms with Crippen molar-refractivity contribution in [3.63, 3.8) is 0 Å². The average Bonchev–Trinajstić information content (AvgIpc) is 2.60. The number of halogens is 1. The number of hydrogen-bond acceptors (Lipinski definition) is 4. The molecule has 0 bridgehead atoms. The SMILES string of the molecule is CCN1C(=O)COc2cc3c(cc21)C(c1ccncc1F)CC(=O)N3. The Bertz CT molecular complexity index is 884. The Balaban J connectivity index is 1.88. The summed E-state index contributed by atoms with van der Waals surface area (Å²) >= 11 is 0. The van der Waals surface area contributed by atoms with Gasteiger partial charge in [-0.25, -0.2) is 4.39 Å². The molecule has 1 unspecified atom stereocenters. The third-order valence-corrected chi connectivity index (χ3v) is 4.61. The number of amides is 2. The van der Waals surface area contributed by atoms with Gasteiger partial charge in [-0.15, -0.1) is 0 Å². The van der Waals surface area contributed by atoms with Gasteiger partial charge in [-0.3, -0.25) is 14.6 Å². The van der Waals surface area contributed by atoms with E-state index >= 15 is 0 Å². The zero-order valence-corrected chi connectivity index (χ0v) is 13.6. The molecule has 1 aromatic carbocycles. The number of pyridine rings is 1. The van der Waals surface area contributed by atoms with Crippen LogP contribution in [0.2, 0.25) is 0 Å². The van der Waals surface area contributed by atoms with E-state index in [1.54, 1.807) is 17.0 Å². The molecule has 0 saturated carbocycles. The molecule has 128 valence electrons. The summed E-state index contributed by atoms with van der Waals surface area (Å²) in [4.78, 5) is 29.6. The number of nitrogens with one attached hydrogen (secondary N) is 1. The van der Waals surface area contributed by atoms with Crippen molar-refractivity contribution in [2.45, 2.75) is 19.3 Å². The molecule has 7 heteroatoms. The summed E-state index contributed by atoms with van der Waals surface area (Å²) in [7, 11) is 0. The van der Waals surface area contributed by atoms with Gasteiger partial charge in [0.05, 0.1) is 11.9 Å². The maximum absolute atomic E-state index is 14.3. The van der Waals surface area contributed by atoms with Crippen LogP contribution in [0.25, 0.3) is 0 Å². The second-order valence-electron chi connectivity index (χ2n) is 6.04. The first-order valence-electron chi connectivity index (χ1n) is 8.09. The van der Waals surface area contributed by atoms with Crippen LogP contribution in [0.15, 0.2) is 30.6 Å². The van der Waals surface area contributed by atoms with Crippen molar-refractivity contribution in [1.82, 2.24) is 4.98 Å². The smallest absolute Gasteiger partial charge is 0.265 e. The number of likely N-dealkylation sites (N-methyl/N-ethyl adjacent to an activating group) is 1. The molecule has 4 rings (SSSR count). The van der Waals surface area contributed by atoms with Crippen molar-refractivity contribution >= 4 is 23.2 Å². The van der Waals surface area contributed by atoms with Gasteiger partial charge in [0.15, 0.2) is 6.61 Å². The van der Waals surface area contributed by atoms with Crippen molar-refractivity contribution in [3.05, 3.63) is 47.5 Å². The van der Waals surface area contributed by atoms with Gasteiger partial charge in [0, 0.05) is 36.8 Å². The summed E-state index contributed by atoms with van der Waals surface area (Å²) in [6.07, 6.45) is 2.78. The van der Waals surface area contributed by atoms with Gasteiger partial charge < -0.3 is 15.0 Å². The number of carbonyl (C=O) groups is 2. The number of carbonyl (C=O) groups excluding carboxylic acids is 2. The van der Waals surface area contributed by atoms with E-state index in [0.29, 0.717) is 29.2 Å². The maximum Gasteiger partial charge on any atom is 0.265 e. The largest absolute Gasteiger partial charge is 0.481 e. The van der Waals surface area contributed by atoms with Crippen molar-refractivity contribution in [2.24, 2.45) is 0 Å². The monoisotopic (exact) mass is 341 g/mol. The molecule has 0 fully saturated rings. The van der Waals surface area contributed by atoms with Gasteiger partial charge in [-0.1, -0.05) is 0 Å². The van der Waals surface area contributed by atoms with Gasteiger partial charge in [0.1, 0.15) is 11.6 Å². The van der Waals surface area contributed by atoms with Gasteiger partial charge in [-0.2, -0.15) is 0 Å². The molecule has 25 heavy (non-hydrogen) atoms. The van der Waals surface area contributed by atoms with E-state index in [2.05, 4.69) is 10.3 Å². The Morgan fingerprint density at radius 3 is 2.96 bits per heavy atom. The van der Waals surface area contributed by atoms with E-state index in [4.69, 9.17) is 4.74 Å². The van der Waals surface area contributed by atoms with E-state index in [0.717, 1.165) is 11.8 Å². The highest BCUT2D eigenvalue weighted by molar-refractivity contribution is 6.01. The fourth-order valence-corrected chi connectivity index (χ4v) is 3.45. The van der Waals surface area contributed by atoms with Gasteiger partial charge in [-0.05, 0) is 30.2 Å². The molecule has 0 aliphatic carbocycles. The van der Waals surface area contributed by atoms with Crippen molar-refractivity contribution in [2.75, 3.05) is 23.4 Å². The molecule has 0 radical (unpaired) electrons. The summed E-state index contributed by atoms with van der Waals surface area (Å²) in [5, 5.41) is 2.81. The van der Waals surface area contributed by atoms with Crippen molar-refractivity contribution in [1.29, 1.82) is 0 Å². The van der Waals surface area contributed by atoms with Gasteiger partial charge in [0.25, 0.3) is 5.91 Å². The molecular weight excluding hydrogens is 325 g/mol. The zero-order chi connectivity index (χ0) is 17.6. The number of nitrogens with zero attached hydrogens (tertiary/aromatic N) is 2. The third-order valence-electron chi connectivity index (χ3n) is 4.61. The molecular formula is C18H16FN3O3. The van der Waals surface area contributed by atoms with Gasteiger partial charge >= 0.3 is 0 Å². The number of fused-ring (bicyclic) bond motifs is 2. The summed E-state index contributed by atoms with van der Waals surface area (Å²) < 4.78 is 19.8. The van der Waals surface area contributed by atoms with E-state index in [-0.39, 0.29) is 24.8 Å². The predicted molar refractivity (Wildman–Crippen MR) is 89.2 cm³/mol. The second-order valence-corrected chi connectivity index (χ2v) is 6.04. The van der Waals surface area contributed by atoms with E-state index in [1.807, 2.05) is 13.0 Å². The Kier molecular flexibility index (Phi) is 3.63. The van der Waals surface area contributed by atoms with Crippen LogP contribution >= 0.6 is 0 Å². The van der Waals surface area contributed by atoms with Crippen LogP contribution in [-0.2, 0) is 9.59 Å². The fourth-order valence-electron chi connectivity index (χ4n) is 3.45. The lowest BCUT2D eigenvalue weighted by Gasteiger charge is -2.33. The van der Waals surface area contributed by atoms with Crippen molar-refractivity contribution < 1.29 is 18.7 Å². The number of hydrogen-bond donors (Lipinski definition) is 1. The minimum Gasteiger partial charge on any atom is -0.481 e. The highest BCUT2D eigenvalue weighted by atomic mass is 19.1. The topological polar surface area (TPSA) is 71.5 Å². The first kappa shape index (κ1) is 15.6. The van der Waals surface area contributed by atoms with Crippen LogP contribution in [0.3, 0.4) is 0 Å². The number of rotatable bonds is 2. The van der Waals surface area contributed by atoms with Crippen LogP contribution < -0.4 is 15.0 Å². The van der Waals surface area contributed by atoms with Crippen LogP contribution in [-0.4, -0.2) is 29.9 Å². The fraction of sp³-hybridized carbons (Fsp3) is 0.278. The molecule has 3 heterocycles. The minimum atomic E-state index is -0.453. The molecule has 1 atom stereocenters. The van der Waals surface area contributed by atoms with Crippen LogP contribution in [0.1, 0.15) is 30.4 Å². The van der Waals surface area contributed by atoms with E-state index < -0.39 is 11.7 Å². The summed E-state index contributed by atoms with van der Waals surface area (Å²) in [5.74, 6) is -0.663. The summed E-state index contributed by atoms with van der Waals surface area (Å²) in [5.41, 5.74) is 2.41. The van der Waals surface area contributed by atoms with E-state index in [1.165, 1.54) is 6.20 Å². The van der Waals surface area contributed by atoms with Crippen LogP contribution in [0, 0.1) is 5.82 Å². The number of aromatic nitrogens is 1. The normalized spacial score (nSPS) is 19.0. The van der Waals surface area contributed by atoms with Crippen molar-refractivity contribution in [3.8, 4) is 5.75 Å². The molecule has 0 spiro atoms. The Labute approximate surface area is 143 Å². The Morgan fingerprint density at radius 1 is 1.36 bits per heavy atom. The molecule has 2 aliphatic rings. The van der Waals surface area contributed by atoms with Crippen LogP contribution in [0.4, 0.5) is 15.8 Å². The van der Waals surface area contributed by atoms with Crippen LogP contribution in [0.5, 0.6) is 5.75 Å². The molecule has 2 aliphatic heterocycles. The highest BCUT2D eigenvalue weighted by Gasteiger charge is 2.33. The quantitative estimate of drug-likeness (QED) is 0.911. The molecule has 2 aromatic rings. The van der Waals surface area contributed by atoms with E-state index in [9.17, 15) is 14.0 Å². The molecule has 2 amide bonds. The Hall–Kier alpha value is -2.96.